The van der Waals surface area contributed by atoms with Gasteiger partial charge in [0.15, 0.2) is 6.10 Å². The molecule has 0 amide bonds. The maximum absolute atomic E-state index is 12.7. The molecule has 1 atom stereocenters. The van der Waals surface area contributed by atoms with Crippen LogP contribution in [0.15, 0.2) is 36.5 Å². The van der Waals surface area contributed by atoms with Gasteiger partial charge in [0.25, 0.3) is 0 Å². The van der Waals surface area contributed by atoms with E-state index in [4.69, 9.17) is 14.2 Å². The lowest BCUT2D eigenvalue weighted by Crippen LogP contribution is -2.30. The van der Waals surface area contributed by atoms with E-state index in [1.807, 2.05) is 0 Å². The predicted molar refractivity (Wildman–Crippen MR) is 238 cm³/mol. The van der Waals surface area contributed by atoms with Crippen LogP contribution in [0.4, 0.5) is 0 Å². The quantitative estimate of drug-likeness (QED) is 0.0265. The number of hydrogen-bond acceptors (Lipinski definition) is 6. The molecule has 0 fully saturated rings. The molecule has 56 heavy (non-hydrogen) atoms. The van der Waals surface area contributed by atoms with Crippen molar-refractivity contribution in [2.75, 3.05) is 13.2 Å². The summed E-state index contributed by atoms with van der Waals surface area (Å²) in [6.45, 7) is 6.55. The van der Waals surface area contributed by atoms with Crippen molar-refractivity contribution in [3.05, 3.63) is 36.5 Å². The topological polar surface area (TPSA) is 78.9 Å². The average Bonchev–Trinajstić information content (AvgIpc) is 3.19. The van der Waals surface area contributed by atoms with Crippen molar-refractivity contribution in [1.29, 1.82) is 0 Å². The summed E-state index contributed by atoms with van der Waals surface area (Å²) in [4.78, 5) is 37.7. The van der Waals surface area contributed by atoms with Crippen LogP contribution in [0.5, 0.6) is 0 Å². The smallest absolute Gasteiger partial charge is 0.306 e. The number of unbranched alkanes of at least 4 members (excludes halogenated alkanes) is 26. The zero-order chi connectivity index (χ0) is 40.8. The van der Waals surface area contributed by atoms with E-state index in [1.54, 1.807) is 0 Å². The summed E-state index contributed by atoms with van der Waals surface area (Å²) in [5.74, 6) is -0.896. The average molecular weight is 787 g/mol. The van der Waals surface area contributed by atoms with E-state index in [2.05, 4.69) is 57.2 Å². The Labute approximate surface area is 346 Å². The minimum atomic E-state index is -0.773. The van der Waals surface area contributed by atoms with Gasteiger partial charge in [0.1, 0.15) is 13.2 Å². The molecule has 0 N–H and O–H groups in total. The Morgan fingerprint density at radius 1 is 0.357 bits per heavy atom. The Kier molecular flexibility index (Phi) is 43.4. The Morgan fingerprint density at radius 3 is 1.04 bits per heavy atom. The van der Waals surface area contributed by atoms with Crippen molar-refractivity contribution >= 4 is 17.9 Å². The molecule has 6 heteroatoms. The van der Waals surface area contributed by atoms with Crippen molar-refractivity contribution in [2.45, 2.75) is 252 Å². The second-order valence-corrected chi connectivity index (χ2v) is 16.0. The van der Waals surface area contributed by atoms with Crippen LogP contribution in [0.25, 0.3) is 0 Å². The molecule has 1 unspecified atom stereocenters. The van der Waals surface area contributed by atoms with Crippen LogP contribution in [-0.4, -0.2) is 37.2 Å². The Morgan fingerprint density at radius 2 is 0.643 bits per heavy atom. The predicted octanol–water partition coefficient (Wildman–Crippen LogP) is 15.4. The molecule has 0 saturated heterocycles. The van der Waals surface area contributed by atoms with Crippen molar-refractivity contribution in [2.24, 2.45) is 0 Å². The zero-order valence-electron chi connectivity index (χ0n) is 37.2. The Hall–Kier alpha value is -2.37. The summed E-state index contributed by atoms with van der Waals surface area (Å²) in [6, 6.07) is 0. The first-order chi connectivity index (χ1) is 27.5. The lowest BCUT2D eigenvalue weighted by atomic mass is 10.1. The van der Waals surface area contributed by atoms with Gasteiger partial charge in [-0.05, 0) is 77.0 Å². The Balaban J connectivity index is 4.29. The van der Waals surface area contributed by atoms with Crippen molar-refractivity contribution in [3.63, 3.8) is 0 Å². The SMILES string of the molecule is CCCCC/C=C\C/C=C\CCCCCCCCCC(=O)OCC(COC(=O)CCCCCCCCC)OC(=O)CCCCCCC/C=C\CCCCCCC. The number of allylic oxidation sites excluding steroid dienone is 6. The highest BCUT2D eigenvalue weighted by atomic mass is 16.6. The van der Waals surface area contributed by atoms with Gasteiger partial charge in [-0.1, -0.05) is 186 Å². The first-order valence-corrected chi connectivity index (χ1v) is 24.0. The minimum Gasteiger partial charge on any atom is -0.462 e. The maximum atomic E-state index is 12.7. The summed E-state index contributed by atoms with van der Waals surface area (Å²) < 4.78 is 16.7. The maximum Gasteiger partial charge on any atom is 0.306 e. The first-order valence-electron chi connectivity index (χ1n) is 24.0. The van der Waals surface area contributed by atoms with Crippen LogP contribution < -0.4 is 0 Å². The fourth-order valence-electron chi connectivity index (χ4n) is 6.70. The summed E-state index contributed by atoms with van der Waals surface area (Å²) in [5, 5.41) is 0. The fourth-order valence-corrected chi connectivity index (χ4v) is 6.70. The number of ether oxygens (including phenoxy) is 3. The van der Waals surface area contributed by atoms with E-state index < -0.39 is 6.10 Å². The number of hydrogen-bond donors (Lipinski definition) is 0. The standard InChI is InChI=1S/C50H90O6/c1-4-7-10-13-16-18-20-22-24-25-26-28-29-31-34-37-40-43-49(52)55-46-47(45-54-48(51)42-39-36-33-15-12-9-6-3)56-50(53)44-41-38-35-32-30-27-23-21-19-17-14-11-8-5-2/h16,18,21-24,47H,4-15,17,19-20,25-46H2,1-3H3/b18-16-,23-21-,24-22-. The van der Waals surface area contributed by atoms with E-state index in [1.165, 1.54) is 128 Å². The molecule has 0 aliphatic carbocycles. The first kappa shape index (κ1) is 53.6. The third kappa shape index (κ3) is 42.8. The molecular weight excluding hydrogens is 697 g/mol. The van der Waals surface area contributed by atoms with Gasteiger partial charge in [-0.15, -0.1) is 0 Å². The van der Waals surface area contributed by atoms with E-state index in [0.29, 0.717) is 19.3 Å². The molecule has 0 heterocycles. The lowest BCUT2D eigenvalue weighted by Gasteiger charge is -2.18. The molecule has 0 bridgehead atoms. The highest BCUT2D eigenvalue weighted by Gasteiger charge is 2.19. The second-order valence-electron chi connectivity index (χ2n) is 16.0. The monoisotopic (exact) mass is 787 g/mol. The largest absolute Gasteiger partial charge is 0.462 e. The normalized spacial score (nSPS) is 12.3. The molecular formula is C50H90O6. The van der Waals surface area contributed by atoms with Gasteiger partial charge in [0.05, 0.1) is 0 Å². The lowest BCUT2D eigenvalue weighted by molar-refractivity contribution is -0.167. The highest BCUT2D eigenvalue weighted by Crippen LogP contribution is 2.14. The van der Waals surface area contributed by atoms with Gasteiger partial charge in [-0.3, -0.25) is 14.4 Å². The summed E-state index contributed by atoms with van der Waals surface area (Å²) >= 11 is 0. The van der Waals surface area contributed by atoms with Gasteiger partial charge in [-0.2, -0.15) is 0 Å². The molecule has 0 aliphatic rings. The molecule has 0 spiro atoms. The van der Waals surface area contributed by atoms with E-state index in [0.717, 1.165) is 77.0 Å². The second kappa shape index (κ2) is 45.3. The van der Waals surface area contributed by atoms with Gasteiger partial charge >= 0.3 is 17.9 Å². The van der Waals surface area contributed by atoms with Gasteiger partial charge in [-0.25, -0.2) is 0 Å². The van der Waals surface area contributed by atoms with E-state index in [9.17, 15) is 14.4 Å². The van der Waals surface area contributed by atoms with Crippen molar-refractivity contribution < 1.29 is 28.6 Å². The van der Waals surface area contributed by atoms with Gasteiger partial charge in [0, 0.05) is 19.3 Å². The van der Waals surface area contributed by atoms with Gasteiger partial charge in [0.2, 0.25) is 0 Å². The van der Waals surface area contributed by atoms with E-state index in [-0.39, 0.29) is 31.1 Å². The number of carbonyl (C=O) groups is 3. The van der Waals surface area contributed by atoms with Crippen LogP contribution >= 0.6 is 0 Å². The number of rotatable bonds is 43. The molecule has 0 aromatic rings. The molecule has 6 nitrogen and oxygen atoms in total. The van der Waals surface area contributed by atoms with Crippen LogP contribution in [0.2, 0.25) is 0 Å². The van der Waals surface area contributed by atoms with Crippen molar-refractivity contribution in [3.8, 4) is 0 Å². The van der Waals surface area contributed by atoms with Crippen LogP contribution in [0.3, 0.4) is 0 Å². The van der Waals surface area contributed by atoms with Crippen LogP contribution in [0.1, 0.15) is 245 Å². The molecule has 0 rings (SSSR count). The van der Waals surface area contributed by atoms with Crippen LogP contribution in [0, 0.1) is 0 Å². The Bertz CT molecular complexity index is 953. The molecule has 0 radical (unpaired) electrons. The fraction of sp³-hybridized carbons (Fsp3) is 0.820. The molecule has 0 aliphatic heterocycles. The molecule has 326 valence electrons. The number of carbonyl (C=O) groups excluding carboxylic acids is 3. The molecule has 0 saturated carbocycles. The third-order valence-electron chi connectivity index (χ3n) is 10.4. The highest BCUT2D eigenvalue weighted by molar-refractivity contribution is 5.71. The minimum absolute atomic E-state index is 0.0768. The van der Waals surface area contributed by atoms with Crippen LogP contribution in [-0.2, 0) is 28.6 Å². The summed E-state index contributed by atoms with van der Waals surface area (Å²) in [7, 11) is 0. The van der Waals surface area contributed by atoms with Crippen molar-refractivity contribution in [1.82, 2.24) is 0 Å². The third-order valence-corrected chi connectivity index (χ3v) is 10.4. The van der Waals surface area contributed by atoms with E-state index >= 15 is 0 Å². The molecule has 0 aromatic heterocycles. The number of esters is 3. The molecule has 0 aromatic carbocycles. The van der Waals surface area contributed by atoms with Gasteiger partial charge < -0.3 is 14.2 Å². The summed E-state index contributed by atoms with van der Waals surface area (Å²) in [5.41, 5.74) is 0. The summed E-state index contributed by atoms with van der Waals surface area (Å²) in [6.07, 6.45) is 51.3. The zero-order valence-corrected chi connectivity index (χ0v) is 37.2.